The van der Waals surface area contributed by atoms with E-state index in [1.165, 1.54) is 43.4 Å². The van der Waals surface area contributed by atoms with E-state index in [0.717, 1.165) is 61.5 Å². The summed E-state index contributed by atoms with van der Waals surface area (Å²) in [5.74, 6) is -0.618. The van der Waals surface area contributed by atoms with E-state index in [9.17, 15) is 14.4 Å². The molecule has 10 heteroatoms. The second kappa shape index (κ2) is 10.2. The Morgan fingerprint density at radius 2 is 1.41 bits per heavy atom. The minimum absolute atomic E-state index is 0.285. The average molecular weight is 510 g/mol. The fourth-order valence-electron chi connectivity index (χ4n) is 6.90. The summed E-state index contributed by atoms with van der Waals surface area (Å²) in [4.78, 5) is 46.2. The molecule has 5 heterocycles. The van der Waals surface area contributed by atoms with Gasteiger partial charge >= 0.3 is 5.69 Å². The Labute approximate surface area is 217 Å². The van der Waals surface area contributed by atoms with Gasteiger partial charge in [0, 0.05) is 58.2 Å². The normalized spacial score (nSPS) is 23.9. The van der Waals surface area contributed by atoms with Gasteiger partial charge in [0.2, 0.25) is 11.8 Å². The van der Waals surface area contributed by atoms with Crippen molar-refractivity contribution in [1.29, 1.82) is 0 Å². The molecule has 0 spiro atoms. The standard InChI is InChI=1S/C27H39N7O3/c1-29-26-22(4-2-5-23(26)33(27(29)37)34-24(35)6-3-7-25(34)36)32-18-16-31(17-19-32)21-10-14-30(15-11-21)20-8-12-28-13-9-20/h2,4-5,20-21,28H,3,6-19H2,1H3. The maximum absolute atomic E-state index is 13.3. The van der Waals surface area contributed by atoms with Gasteiger partial charge < -0.3 is 15.1 Å². The summed E-state index contributed by atoms with van der Waals surface area (Å²) in [6.07, 6.45) is 6.15. The van der Waals surface area contributed by atoms with Gasteiger partial charge in [-0.3, -0.25) is 19.1 Å². The number of likely N-dealkylation sites (tertiary alicyclic amines) is 1. The molecule has 4 saturated heterocycles. The van der Waals surface area contributed by atoms with Crippen molar-refractivity contribution in [2.75, 3.05) is 62.3 Å². The Morgan fingerprint density at radius 3 is 2.08 bits per heavy atom. The van der Waals surface area contributed by atoms with Crippen molar-refractivity contribution in [3.8, 4) is 0 Å². The molecule has 6 rings (SSSR count). The molecule has 200 valence electrons. The van der Waals surface area contributed by atoms with Gasteiger partial charge in [-0.1, -0.05) is 6.07 Å². The van der Waals surface area contributed by atoms with Crippen LogP contribution >= 0.6 is 0 Å². The molecule has 2 amide bonds. The minimum atomic E-state index is -0.356. The number of para-hydroxylation sites is 1. The van der Waals surface area contributed by atoms with E-state index in [2.05, 4.69) is 26.1 Å². The number of rotatable bonds is 4. The zero-order valence-corrected chi connectivity index (χ0v) is 21.9. The van der Waals surface area contributed by atoms with E-state index in [1.807, 2.05) is 12.1 Å². The van der Waals surface area contributed by atoms with Crippen LogP contribution in [-0.2, 0) is 16.6 Å². The number of nitrogens with zero attached hydrogens (tertiary/aromatic N) is 6. The number of aryl methyl sites for hydroxylation is 1. The van der Waals surface area contributed by atoms with Gasteiger partial charge in [0.15, 0.2) is 0 Å². The number of nitrogens with one attached hydrogen (secondary N) is 1. The Balaban J connectivity index is 1.16. The van der Waals surface area contributed by atoms with Crippen molar-refractivity contribution >= 4 is 28.5 Å². The molecule has 37 heavy (non-hydrogen) atoms. The summed E-state index contributed by atoms with van der Waals surface area (Å²) >= 11 is 0. The highest BCUT2D eigenvalue weighted by atomic mass is 16.2. The SMILES string of the molecule is Cn1c(=O)n(N2C(=O)CCCC2=O)c2cccc(N3CCN(C4CCN(C5CCNCC5)CC4)CC3)c21. The first-order chi connectivity index (χ1) is 18.0. The molecule has 0 unspecified atom stereocenters. The number of aromatic nitrogens is 2. The molecular weight excluding hydrogens is 470 g/mol. The highest BCUT2D eigenvalue weighted by Gasteiger charge is 2.33. The predicted molar refractivity (Wildman–Crippen MR) is 144 cm³/mol. The zero-order valence-electron chi connectivity index (χ0n) is 21.9. The van der Waals surface area contributed by atoms with Crippen LogP contribution in [0.2, 0.25) is 0 Å². The lowest BCUT2D eigenvalue weighted by Crippen LogP contribution is -2.55. The lowest BCUT2D eigenvalue weighted by Gasteiger charge is -2.45. The molecule has 0 bridgehead atoms. The fraction of sp³-hybridized carbons (Fsp3) is 0.667. The number of fused-ring (bicyclic) bond motifs is 1. The Morgan fingerprint density at radius 1 is 0.784 bits per heavy atom. The van der Waals surface area contributed by atoms with Crippen molar-refractivity contribution in [1.82, 2.24) is 24.4 Å². The van der Waals surface area contributed by atoms with Crippen molar-refractivity contribution in [2.24, 2.45) is 7.05 Å². The first kappa shape index (κ1) is 24.6. The van der Waals surface area contributed by atoms with E-state index >= 15 is 0 Å². The molecular formula is C27H39N7O3. The van der Waals surface area contributed by atoms with E-state index in [1.54, 1.807) is 11.6 Å². The zero-order chi connectivity index (χ0) is 25.5. The van der Waals surface area contributed by atoms with Crippen molar-refractivity contribution < 1.29 is 9.59 Å². The Kier molecular flexibility index (Phi) is 6.81. The molecule has 4 fully saturated rings. The second-order valence-electron chi connectivity index (χ2n) is 11.0. The number of carbonyl (C=O) groups is 2. The first-order valence-corrected chi connectivity index (χ1v) is 14.0. The highest BCUT2D eigenvalue weighted by Crippen LogP contribution is 2.29. The van der Waals surface area contributed by atoms with Crippen LogP contribution in [0.5, 0.6) is 0 Å². The van der Waals surface area contributed by atoms with Gasteiger partial charge in [-0.05, 0) is 70.4 Å². The first-order valence-electron chi connectivity index (χ1n) is 14.0. The van der Waals surface area contributed by atoms with Crippen LogP contribution in [0.1, 0.15) is 44.9 Å². The number of hydrogen-bond acceptors (Lipinski definition) is 7. The van der Waals surface area contributed by atoms with E-state index in [-0.39, 0.29) is 30.3 Å². The molecule has 1 aromatic carbocycles. The molecule has 0 aliphatic carbocycles. The Hall–Kier alpha value is -2.69. The van der Waals surface area contributed by atoms with Crippen LogP contribution in [0.3, 0.4) is 0 Å². The Bertz CT molecular complexity index is 1200. The quantitative estimate of drug-likeness (QED) is 0.612. The smallest absolute Gasteiger partial charge is 0.348 e. The highest BCUT2D eigenvalue weighted by molar-refractivity contribution is 6.11. The molecule has 1 aromatic heterocycles. The molecule has 0 atom stereocenters. The van der Waals surface area contributed by atoms with Crippen molar-refractivity contribution in [3.05, 3.63) is 28.7 Å². The largest absolute Gasteiger partial charge is 0.367 e. The van der Waals surface area contributed by atoms with Gasteiger partial charge in [0.1, 0.15) is 0 Å². The van der Waals surface area contributed by atoms with Gasteiger partial charge in [-0.2, -0.15) is 9.69 Å². The molecule has 4 aliphatic heterocycles. The number of anilines is 1. The molecule has 0 saturated carbocycles. The topological polar surface area (TPSA) is 86.1 Å². The predicted octanol–water partition coefficient (Wildman–Crippen LogP) is 0.854. The number of imide groups is 1. The third-order valence-electron chi connectivity index (χ3n) is 8.97. The number of amides is 2. The number of imidazole rings is 1. The van der Waals surface area contributed by atoms with Crippen LogP contribution < -0.4 is 20.9 Å². The second-order valence-corrected chi connectivity index (χ2v) is 11.0. The summed E-state index contributed by atoms with van der Waals surface area (Å²) in [5.41, 5.74) is 2.03. The van der Waals surface area contributed by atoms with E-state index in [0.29, 0.717) is 18.0 Å². The van der Waals surface area contributed by atoms with Crippen LogP contribution in [0, 0.1) is 0 Å². The van der Waals surface area contributed by atoms with Crippen LogP contribution in [-0.4, -0.2) is 95.3 Å². The van der Waals surface area contributed by atoms with Crippen LogP contribution in [0.25, 0.3) is 11.0 Å². The summed E-state index contributed by atoms with van der Waals surface area (Å²) in [5, 5.41) is 4.54. The summed E-state index contributed by atoms with van der Waals surface area (Å²) in [6.45, 7) is 8.52. The summed E-state index contributed by atoms with van der Waals surface area (Å²) in [7, 11) is 1.73. The minimum Gasteiger partial charge on any atom is -0.367 e. The van der Waals surface area contributed by atoms with Gasteiger partial charge in [0.05, 0.1) is 16.7 Å². The average Bonchev–Trinajstić information content (AvgIpc) is 3.19. The molecule has 4 aliphatic rings. The molecule has 0 radical (unpaired) electrons. The third-order valence-corrected chi connectivity index (χ3v) is 8.97. The number of benzene rings is 1. The fourth-order valence-corrected chi connectivity index (χ4v) is 6.90. The third kappa shape index (κ3) is 4.49. The van der Waals surface area contributed by atoms with Crippen molar-refractivity contribution in [2.45, 2.75) is 57.0 Å². The van der Waals surface area contributed by atoms with Gasteiger partial charge in [-0.15, -0.1) is 0 Å². The summed E-state index contributed by atoms with van der Waals surface area (Å²) < 4.78 is 2.87. The molecule has 1 N–H and O–H groups in total. The van der Waals surface area contributed by atoms with E-state index < -0.39 is 0 Å². The maximum Gasteiger partial charge on any atom is 0.348 e. The number of hydrogen-bond donors (Lipinski definition) is 1. The van der Waals surface area contributed by atoms with Crippen LogP contribution in [0.4, 0.5) is 5.69 Å². The lowest BCUT2D eigenvalue weighted by atomic mass is 9.97. The number of piperazine rings is 1. The maximum atomic E-state index is 13.3. The van der Waals surface area contributed by atoms with Gasteiger partial charge in [-0.25, -0.2) is 4.79 Å². The molecule has 10 nitrogen and oxygen atoms in total. The lowest BCUT2D eigenvalue weighted by molar-refractivity contribution is -0.131. The summed E-state index contributed by atoms with van der Waals surface area (Å²) in [6, 6.07) is 7.22. The monoisotopic (exact) mass is 509 g/mol. The van der Waals surface area contributed by atoms with Crippen molar-refractivity contribution in [3.63, 3.8) is 0 Å². The number of carbonyl (C=O) groups excluding carboxylic acids is 2. The van der Waals surface area contributed by atoms with Gasteiger partial charge in [0.25, 0.3) is 0 Å². The van der Waals surface area contributed by atoms with Crippen LogP contribution in [0.15, 0.2) is 23.0 Å². The number of piperidine rings is 3. The molecule has 2 aromatic rings. The van der Waals surface area contributed by atoms with E-state index in [4.69, 9.17) is 0 Å².